The maximum absolute atomic E-state index is 2.78. The first-order valence-corrected chi connectivity index (χ1v) is 2.74. The van der Waals surface area contributed by atoms with Crippen molar-refractivity contribution in [1.82, 2.24) is 10.6 Å². The molecule has 0 aromatic heterocycles. The maximum atomic E-state index is 2.78. The summed E-state index contributed by atoms with van der Waals surface area (Å²) in [6, 6.07) is 0. The van der Waals surface area contributed by atoms with Gasteiger partial charge in [-0.2, -0.15) is 0 Å². The van der Waals surface area contributed by atoms with Gasteiger partial charge in [-0.15, -0.1) is 0 Å². The highest BCUT2D eigenvalue weighted by Crippen LogP contribution is 1.80. The fourth-order valence-electron chi connectivity index (χ4n) is 0.461. The normalized spacial score (nSPS) is 27.6. The van der Waals surface area contributed by atoms with Crippen LogP contribution in [-0.4, -0.2) is 0 Å². The highest BCUT2D eigenvalue weighted by atomic mass is 15.0. The Morgan fingerprint density at radius 3 is 1.89 bits per heavy atom. The van der Waals surface area contributed by atoms with E-state index >= 15 is 0 Å². The third kappa shape index (κ3) is 2.59. The van der Waals surface area contributed by atoms with Gasteiger partial charge < -0.3 is 10.6 Å². The van der Waals surface area contributed by atoms with Gasteiger partial charge in [0.05, 0.1) is 0 Å². The molecule has 0 bridgehead atoms. The summed E-state index contributed by atoms with van der Waals surface area (Å²) in [4.78, 5) is 0. The number of nitrogens with one attached hydrogen (secondary N) is 2. The lowest BCUT2D eigenvalue weighted by molar-refractivity contribution is 0.902. The highest BCUT2D eigenvalue weighted by molar-refractivity contribution is 5.11. The second-order valence-electron chi connectivity index (χ2n) is 1.52. The van der Waals surface area contributed by atoms with Gasteiger partial charge in [0.25, 0.3) is 0 Å². The van der Waals surface area contributed by atoms with E-state index in [1.807, 2.05) is 24.3 Å². The first kappa shape index (κ1) is 5.95. The molecule has 0 saturated carbocycles. The van der Waals surface area contributed by atoms with Crippen molar-refractivity contribution in [2.75, 3.05) is 0 Å². The van der Waals surface area contributed by atoms with Crippen molar-refractivity contribution in [2.24, 2.45) is 0 Å². The molecule has 0 aliphatic carbocycles. The van der Waals surface area contributed by atoms with E-state index in [0.29, 0.717) is 0 Å². The Labute approximate surface area is 55.0 Å². The van der Waals surface area contributed by atoms with Crippen molar-refractivity contribution < 1.29 is 0 Å². The molecule has 2 nitrogen and oxygen atoms in total. The Kier molecular flexibility index (Phi) is 2.50. The molecule has 0 fully saturated rings. The topological polar surface area (TPSA) is 24.1 Å². The van der Waals surface area contributed by atoms with Crippen LogP contribution in [-0.2, 0) is 0 Å². The second kappa shape index (κ2) is 3.78. The van der Waals surface area contributed by atoms with E-state index in [1.54, 1.807) is 12.4 Å². The predicted octanol–water partition coefficient (Wildman–Crippen LogP) is 0.759. The van der Waals surface area contributed by atoms with Gasteiger partial charge in [0.15, 0.2) is 0 Å². The summed E-state index contributed by atoms with van der Waals surface area (Å²) in [7, 11) is 0. The van der Waals surface area contributed by atoms with Crippen LogP contribution in [0, 0.1) is 6.67 Å². The van der Waals surface area contributed by atoms with Gasteiger partial charge in [0, 0.05) is 0 Å². The first-order valence-electron chi connectivity index (χ1n) is 2.74. The molecule has 2 N–H and O–H groups in total. The third-order valence-corrected chi connectivity index (χ3v) is 0.837. The summed E-state index contributed by atoms with van der Waals surface area (Å²) in [6.07, 6.45) is 11.2. The van der Waals surface area contributed by atoms with Crippen molar-refractivity contribution in [3.8, 4) is 0 Å². The molecule has 1 aliphatic rings. The number of hydrogen-bond donors (Lipinski definition) is 2. The minimum atomic E-state index is 1.79. The molecule has 2 radical (unpaired) electrons. The smallest absolute Gasteiger partial charge is 0.202 e. The Hall–Kier alpha value is -1.18. The van der Waals surface area contributed by atoms with E-state index < -0.39 is 0 Å². The van der Waals surface area contributed by atoms with E-state index in [9.17, 15) is 0 Å². The Balaban J connectivity index is 2.45. The van der Waals surface area contributed by atoms with Crippen LogP contribution in [0.3, 0.4) is 0 Å². The van der Waals surface area contributed by atoms with Crippen molar-refractivity contribution in [1.29, 1.82) is 0 Å². The molecular formula is C7H8N2. The number of hydrogen-bond acceptors (Lipinski definition) is 2. The van der Waals surface area contributed by atoms with Crippen LogP contribution in [0.2, 0.25) is 0 Å². The summed E-state index contributed by atoms with van der Waals surface area (Å²) in [5.41, 5.74) is 0. The van der Waals surface area contributed by atoms with E-state index in [0.717, 1.165) is 0 Å². The molecular weight excluding hydrogens is 112 g/mol. The summed E-state index contributed by atoms with van der Waals surface area (Å²) in [5.74, 6) is 0. The molecule has 0 atom stereocenters. The molecule has 0 unspecified atom stereocenters. The van der Waals surface area contributed by atoms with Crippen LogP contribution in [0.1, 0.15) is 0 Å². The van der Waals surface area contributed by atoms with E-state index in [2.05, 4.69) is 17.3 Å². The molecule has 0 amide bonds. The predicted molar refractivity (Wildman–Crippen MR) is 36.9 cm³/mol. The largest absolute Gasteiger partial charge is 0.362 e. The van der Waals surface area contributed by atoms with Crippen LogP contribution in [0.15, 0.2) is 36.7 Å². The lowest BCUT2D eigenvalue weighted by Crippen LogP contribution is -2.12. The van der Waals surface area contributed by atoms with Crippen molar-refractivity contribution in [3.63, 3.8) is 0 Å². The van der Waals surface area contributed by atoms with Gasteiger partial charge in [-0.05, 0) is 24.6 Å². The lowest BCUT2D eigenvalue weighted by atomic mass is 10.5. The minimum Gasteiger partial charge on any atom is -0.362 e. The molecule has 46 valence electrons. The standard InChI is InChI=1S/C7H8N2/c1-2-4-6-9-7-8-5-3-1/h1-6,8-9H/b2-1-,5-3-,6-4-. The molecule has 0 saturated heterocycles. The Morgan fingerprint density at radius 2 is 1.33 bits per heavy atom. The first-order chi connectivity index (χ1) is 4.50. The molecule has 2 heteroatoms. The monoisotopic (exact) mass is 120 g/mol. The van der Waals surface area contributed by atoms with Crippen LogP contribution in [0.4, 0.5) is 0 Å². The zero-order valence-corrected chi connectivity index (χ0v) is 4.96. The van der Waals surface area contributed by atoms with Crippen LogP contribution >= 0.6 is 0 Å². The Bertz CT molecular complexity index is 129. The SMILES string of the molecule is [C]1N\C=C/C=C\C=C/N1. The molecule has 9 heavy (non-hydrogen) atoms. The molecule has 0 aromatic rings. The molecule has 1 aliphatic heterocycles. The van der Waals surface area contributed by atoms with Gasteiger partial charge in [-0.3, -0.25) is 0 Å². The lowest BCUT2D eigenvalue weighted by Gasteiger charge is -1.93. The van der Waals surface area contributed by atoms with Crippen LogP contribution < -0.4 is 10.6 Å². The summed E-state index contributed by atoms with van der Waals surface area (Å²) < 4.78 is 0. The van der Waals surface area contributed by atoms with Crippen molar-refractivity contribution in [3.05, 3.63) is 43.4 Å². The third-order valence-electron chi connectivity index (χ3n) is 0.837. The van der Waals surface area contributed by atoms with E-state index in [4.69, 9.17) is 0 Å². The summed E-state index contributed by atoms with van der Waals surface area (Å²) in [6.45, 7) is 2.71. The zero-order chi connectivity index (χ0) is 6.36. The van der Waals surface area contributed by atoms with Crippen LogP contribution in [0.25, 0.3) is 0 Å². The number of allylic oxidation sites excluding steroid dienone is 4. The second-order valence-corrected chi connectivity index (χ2v) is 1.52. The molecule has 1 rings (SSSR count). The average molecular weight is 120 g/mol. The zero-order valence-electron chi connectivity index (χ0n) is 4.96. The maximum Gasteiger partial charge on any atom is 0.202 e. The highest BCUT2D eigenvalue weighted by Gasteiger charge is 1.76. The molecule has 0 aromatic carbocycles. The summed E-state index contributed by atoms with van der Waals surface area (Å²) in [5, 5.41) is 5.57. The van der Waals surface area contributed by atoms with Gasteiger partial charge in [-0.25, -0.2) is 0 Å². The summed E-state index contributed by atoms with van der Waals surface area (Å²) >= 11 is 0. The number of rotatable bonds is 0. The van der Waals surface area contributed by atoms with Crippen molar-refractivity contribution >= 4 is 0 Å². The average Bonchev–Trinajstić information content (AvgIpc) is 2.00. The van der Waals surface area contributed by atoms with E-state index in [1.165, 1.54) is 0 Å². The quantitative estimate of drug-likeness (QED) is 0.493. The molecule has 1 heterocycles. The van der Waals surface area contributed by atoms with Crippen LogP contribution in [0.5, 0.6) is 0 Å². The van der Waals surface area contributed by atoms with Gasteiger partial charge >= 0.3 is 0 Å². The Morgan fingerprint density at radius 1 is 0.778 bits per heavy atom. The van der Waals surface area contributed by atoms with Gasteiger partial charge in [0.2, 0.25) is 6.67 Å². The van der Waals surface area contributed by atoms with Crippen molar-refractivity contribution in [2.45, 2.75) is 0 Å². The fourth-order valence-corrected chi connectivity index (χ4v) is 0.461. The van der Waals surface area contributed by atoms with Gasteiger partial charge in [0.1, 0.15) is 0 Å². The minimum absolute atomic E-state index is 1.79. The molecule has 0 spiro atoms. The van der Waals surface area contributed by atoms with Gasteiger partial charge in [-0.1, -0.05) is 12.2 Å². The fraction of sp³-hybridized carbons (Fsp3) is 0. The van der Waals surface area contributed by atoms with E-state index in [-0.39, 0.29) is 0 Å².